The van der Waals surface area contributed by atoms with Crippen molar-refractivity contribution in [2.24, 2.45) is 0 Å². The predicted octanol–water partition coefficient (Wildman–Crippen LogP) is 3.24. The largest absolute Gasteiger partial charge is 0.352 e. The van der Waals surface area contributed by atoms with Crippen molar-refractivity contribution in [1.29, 1.82) is 0 Å². The third-order valence-corrected chi connectivity index (χ3v) is 4.41. The third kappa shape index (κ3) is 3.82. The molecule has 124 valence electrons. The van der Waals surface area contributed by atoms with Crippen molar-refractivity contribution >= 4 is 17.5 Å². The van der Waals surface area contributed by atoms with Gasteiger partial charge in [-0.1, -0.05) is 24.3 Å². The molecule has 2 N–H and O–H groups in total. The van der Waals surface area contributed by atoms with Crippen molar-refractivity contribution in [3.63, 3.8) is 0 Å². The second-order valence-corrected chi connectivity index (χ2v) is 6.21. The van der Waals surface area contributed by atoms with Gasteiger partial charge in [-0.3, -0.25) is 9.59 Å². The van der Waals surface area contributed by atoms with Crippen LogP contribution in [0.4, 0.5) is 5.69 Å². The molecule has 1 aliphatic rings. The summed E-state index contributed by atoms with van der Waals surface area (Å²) in [5, 5.41) is 5.70. The average molecular weight is 322 g/mol. The lowest BCUT2D eigenvalue weighted by atomic mass is 10.1. The van der Waals surface area contributed by atoms with Gasteiger partial charge in [0.25, 0.3) is 5.91 Å². The van der Waals surface area contributed by atoms with Crippen LogP contribution < -0.4 is 10.6 Å². The van der Waals surface area contributed by atoms with Gasteiger partial charge < -0.3 is 10.6 Å². The molecule has 2 aromatic carbocycles. The van der Waals surface area contributed by atoms with Crippen LogP contribution >= 0.6 is 0 Å². The summed E-state index contributed by atoms with van der Waals surface area (Å²) in [6, 6.07) is 13.5. The first kappa shape index (κ1) is 16.2. The number of amides is 2. The van der Waals surface area contributed by atoms with E-state index in [9.17, 15) is 9.59 Å². The standard InChI is InChI=1S/C20H22N2O2/c1-14-5-2-3-8-18(14)20(24)21-12-11-19(23)22-17-10-9-15-6-4-7-16(15)13-17/h2-3,5,8-10,13H,4,6-7,11-12H2,1H3,(H,21,24)(H,22,23). The summed E-state index contributed by atoms with van der Waals surface area (Å²) in [5.41, 5.74) is 5.14. The summed E-state index contributed by atoms with van der Waals surface area (Å²) in [6.07, 6.45) is 3.67. The predicted molar refractivity (Wildman–Crippen MR) is 95.2 cm³/mol. The van der Waals surface area contributed by atoms with Crippen LogP contribution in [0.25, 0.3) is 0 Å². The zero-order chi connectivity index (χ0) is 16.9. The van der Waals surface area contributed by atoms with E-state index in [-0.39, 0.29) is 18.2 Å². The molecule has 1 aliphatic carbocycles. The zero-order valence-corrected chi connectivity index (χ0v) is 13.9. The van der Waals surface area contributed by atoms with Gasteiger partial charge in [0.2, 0.25) is 5.91 Å². The van der Waals surface area contributed by atoms with Crippen LogP contribution in [-0.2, 0) is 17.6 Å². The lowest BCUT2D eigenvalue weighted by molar-refractivity contribution is -0.116. The Balaban J connectivity index is 1.48. The zero-order valence-electron chi connectivity index (χ0n) is 13.9. The molecule has 0 fully saturated rings. The number of anilines is 1. The summed E-state index contributed by atoms with van der Waals surface area (Å²) in [4.78, 5) is 24.1. The molecule has 0 spiro atoms. The van der Waals surface area contributed by atoms with Crippen molar-refractivity contribution in [3.05, 3.63) is 64.7 Å². The van der Waals surface area contributed by atoms with Gasteiger partial charge in [-0.15, -0.1) is 0 Å². The first-order valence-electron chi connectivity index (χ1n) is 8.39. The molecule has 0 aliphatic heterocycles. The van der Waals surface area contributed by atoms with Gasteiger partial charge in [-0.2, -0.15) is 0 Å². The van der Waals surface area contributed by atoms with Crippen LogP contribution in [0, 0.1) is 6.92 Å². The lowest BCUT2D eigenvalue weighted by Gasteiger charge is -2.09. The maximum Gasteiger partial charge on any atom is 0.251 e. The molecule has 0 radical (unpaired) electrons. The van der Waals surface area contributed by atoms with E-state index in [2.05, 4.69) is 22.8 Å². The summed E-state index contributed by atoms with van der Waals surface area (Å²) in [6.45, 7) is 2.22. The van der Waals surface area contributed by atoms with Crippen molar-refractivity contribution in [3.8, 4) is 0 Å². The minimum atomic E-state index is -0.140. The number of aryl methyl sites for hydroxylation is 3. The number of hydrogen-bond acceptors (Lipinski definition) is 2. The summed E-state index contributed by atoms with van der Waals surface area (Å²) in [7, 11) is 0. The molecule has 0 heterocycles. The molecular weight excluding hydrogens is 300 g/mol. The van der Waals surface area contributed by atoms with Gasteiger partial charge in [0.15, 0.2) is 0 Å². The van der Waals surface area contributed by atoms with Crippen LogP contribution in [0.1, 0.15) is 39.9 Å². The molecule has 0 atom stereocenters. The molecule has 0 saturated heterocycles. The number of carbonyl (C=O) groups excluding carboxylic acids is 2. The summed E-state index contributed by atoms with van der Waals surface area (Å²) in [5.74, 6) is -0.225. The Labute approximate surface area is 142 Å². The third-order valence-electron chi connectivity index (χ3n) is 4.41. The number of nitrogens with one attached hydrogen (secondary N) is 2. The Morgan fingerprint density at radius 1 is 1.04 bits per heavy atom. The van der Waals surface area contributed by atoms with Crippen molar-refractivity contribution in [2.45, 2.75) is 32.6 Å². The van der Waals surface area contributed by atoms with E-state index >= 15 is 0 Å². The van der Waals surface area contributed by atoms with Crippen molar-refractivity contribution in [2.75, 3.05) is 11.9 Å². The molecule has 0 unspecified atom stereocenters. The Hall–Kier alpha value is -2.62. The molecule has 4 heteroatoms. The quantitative estimate of drug-likeness (QED) is 0.888. The second-order valence-electron chi connectivity index (χ2n) is 6.21. The minimum Gasteiger partial charge on any atom is -0.352 e. The number of fused-ring (bicyclic) bond motifs is 1. The number of benzene rings is 2. The highest BCUT2D eigenvalue weighted by Gasteiger charge is 2.12. The van der Waals surface area contributed by atoms with E-state index in [1.165, 1.54) is 17.5 Å². The van der Waals surface area contributed by atoms with E-state index in [0.717, 1.165) is 24.1 Å². The molecule has 3 rings (SSSR count). The number of hydrogen-bond donors (Lipinski definition) is 2. The Morgan fingerprint density at radius 2 is 1.83 bits per heavy atom. The molecule has 2 amide bonds. The Bertz CT molecular complexity index is 768. The van der Waals surface area contributed by atoms with Crippen molar-refractivity contribution < 1.29 is 9.59 Å². The maximum atomic E-state index is 12.1. The minimum absolute atomic E-state index is 0.0852. The van der Waals surface area contributed by atoms with E-state index in [4.69, 9.17) is 0 Å². The molecule has 0 saturated carbocycles. The molecule has 2 aromatic rings. The van der Waals surface area contributed by atoms with E-state index < -0.39 is 0 Å². The van der Waals surface area contributed by atoms with Crippen molar-refractivity contribution in [1.82, 2.24) is 5.32 Å². The first-order valence-corrected chi connectivity index (χ1v) is 8.39. The fourth-order valence-electron chi connectivity index (χ4n) is 3.09. The topological polar surface area (TPSA) is 58.2 Å². The molecule has 0 aromatic heterocycles. The molecule has 4 nitrogen and oxygen atoms in total. The molecule has 24 heavy (non-hydrogen) atoms. The highest BCUT2D eigenvalue weighted by molar-refractivity contribution is 5.96. The molecular formula is C20H22N2O2. The van der Waals surface area contributed by atoms with Gasteiger partial charge in [0.1, 0.15) is 0 Å². The van der Waals surface area contributed by atoms with Gasteiger partial charge >= 0.3 is 0 Å². The lowest BCUT2D eigenvalue weighted by Crippen LogP contribution is -2.28. The first-order chi connectivity index (χ1) is 11.6. The van der Waals surface area contributed by atoms with E-state index in [1.54, 1.807) is 6.07 Å². The van der Waals surface area contributed by atoms with E-state index in [1.807, 2.05) is 31.2 Å². The second kappa shape index (κ2) is 7.30. The number of carbonyl (C=O) groups is 2. The summed E-state index contributed by atoms with van der Waals surface area (Å²) >= 11 is 0. The number of rotatable bonds is 5. The SMILES string of the molecule is Cc1ccccc1C(=O)NCCC(=O)Nc1ccc2c(c1)CCC2. The fraction of sp³-hybridized carbons (Fsp3) is 0.300. The van der Waals surface area contributed by atoms with Crippen LogP contribution in [-0.4, -0.2) is 18.4 Å². The van der Waals surface area contributed by atoms with Gasteiger partial charge in [0.05, 0.1) is 0 Å². The maximum absolute atomic E-state index is 12.1. The van der Waals surface area contributed by atoms with E-state index in [0.29, 0.717) is 12.1 Å². The highest BCUT2D eigenvalue weighted by atomic mass is 16.2. The van der Waals surface area contributed by atoms with Crippen LogP contribution in [0.5, 0.6) is 0 Å². The molecule has 0 bridgehead atoms. The Morgan fingerprint density at radius 3 is 2.67 bits per heavy atom. The van der Waals surface area contributed by atoms with Crippen LogP contribution in [0.3, 0.4) is 0 Å². The average Bonchev–Trinajstić information content (AvgIpc) is 3.02. The van der Waals surface area contributed by atoms with Gasteiger partial charge in [-0.25, -0.2) is 0 Å². The fourth-order valence-corrected chi connectivity index (χ4v) is 3.09. The Kier molecular flexibility index (Phi) is 4.94. The van der Waals surface area contributed by atoms with Crippen LogP contribution in [0.2, 0.25) is 0 Å². The normalized spacial score (nSPS) is 12.5. The van der Waals surface area contributed by atoms with Crippen LogP contribution in [0.15, 0.2) is 42.5 Å². The van der Waals surface area contributed by atoms with Gasteiger partial charge in [0, 0.05) is 24.2 Å². The smallest absolute Gasteiger partial charge is 0.251 e. The monoisotopic (exact) mass is 322 g/mol. The summed E-state index contributed by atoms with van der Waals surface area (Å²) < 4.78 is 0. The van der Waals surface area contributed by atoms with Gasteiger partial charge in [-0.05, 0) is 61.1 Å². The highest BCUT2D eigenvalue weighted by Crippen LogP contribution is 2.24.